The molecule has 298 valence electrons. The van der Waals surface area contributed by atoms with Gasteiger partial charge in [-0.1, -0.05) is 42.5 Å². The number of nitrogens with zero attached hydrogens (tertiary/aromatic N) is 7. The van der Waals surface area contributed by atoms with Gasteiger partial charge in [-0.15, -0.1) is 11.3 Å². The van der Waals surface area contributed by atoms with Gasteiger partial charge in [-0.2, -0.15) is 0 Å². The van der Waals surface area contributed by atoms with E-state index in [4.69, 9.17) is 28.9 Å². The highest BCUT2D eigenvalue weighted by atomic mass is 32.1. The van der Waals surface area contributed by atoms with E-state index in [-0.39, 0.29) is 30.3 Å². The van der Waals surface area contributed by atoms with Crippen LogP contribution in [0.15, 0.2) is 84.9 Å². The molecule has 1 amide bonds. The third-order valence-corrected chi connectivity index (χ3v) is 11.4. The Balaban J connectivity index is 1.08. The van der Waals surface area contributed by atoms with Crippen LogP contribution in [0.4, 0.5) is 15.6 Å². The maximum atomic E-state index is 13.4. The summed E-state index contributed by atoms with van der Waals surface area (Å²) in [5.74, 6) is 1.17. The number of carbonyl (C=O) groups excluding carboxylic acids is 1. The van der Waals surface area contributed by atoms with Gasteiger partial charge in [-0.05, 0) is 83.2 Å². The summed E-state index contributed by atoms with van der Waals surface area (Å²) in [6.07, 6.45) is 7.57. The summed E-state index contributed by atoms with van der Waals surface area (Å²) in [5.41, 5.74) is 4.54. The Morgan fingerprint density at radius 1 is 0.982 bits per heavy atom. The summed E-state index contributed by atoms with van der Waals surface area (Å²) in [4.78, 5) is 33.8. The van der Waals surface area contributed by atoms with E-state index in [0.29, 0.717) is 19.6 Å². The van der Waals surface area contributed by atoms with Crippen LogP contribution in [-0.4, -0.2) is 94.4 Å². The van der Waals surface area contributed by atoms with Crippen LogP contribution in [0.25, 0.3) is 11.0 Å². The van der Waals surface area contributed by atoms with Crippen LogP contribution in [-0.2, 0) is 27.2 Å². The Hall–Kier alpha value is -4.72. The second-order valence-corrected chi connectivity index (χ2v) is 17.2. The lowest BCUT2D eigenvalue weighted by molar-refractivity contribution is -0.159. The predicted molar refractivity (Wildman–Crippen MR) is 220 cm³/mol. The maximum absolute atomic E-state index is 13.4. The molecule has 13 heteroatoms. The van der Waals surface area contributed by atoms with Crippen molar-refractivity contribution in [3.05, 3.63) is 96.0 Å². The Bertz CT molecular complexity index is 2030. The topological polar surface area (TPSA) is 107 Å². The molecule has 7 rings (SSSR count). The third kappa shape index (κ3) is 9.28. The summed E-state index contributed by atoms with van der Waals surface area (Å²) >= 11 is 1.63. The normalized spacial score (nSPS) is 20.2. The average molecular weight is 782 g/mol. The SMILES string of the molecule is COc1ccc(CN(C)c2ncnc3c2ccn3[C@@H]2C[C@H](CN(CCCN(CCc3ccccc3)C(=O)OC(C)(C)C)c3cncs3)[C@H]3OC(C)(C)O[C@H]32)cc1. The van der Waals surface area contributed by atoms with Crippen molar-refractivity contribution in [3.8, 4) is 5.75 Å². The molecule has 1 aliphatic carbocycles. The second kappa shape index (κ2) is 16.8. The fourth-order valence-corrected chi connectivity index (χ4v) is 8.71. The van der Waals surface area contributed by atoms with Crippen LogP contribution in [0, 0.1) is 5.92 Å². The number of methoxy groups -OCH3 is 1. The molecule has 3 aromatic heterocycles. The molecular formula is C43H55N7O5S. The lowest BCUT2D eigenvalue weighted by Gasteiger charge is -2.31. The summed E-state index contributed by atoms with van der Waals surface area (Å²) < 4.78 is 26.8. The number of rotatable bonds is 15. The Kier molecular flexibility index (Phi) is 11.8. The van der Waals surface area contributed by atoms with Crippen molar-refractivity contribution in [2.75, 3.05) is 50.1 Å². The molecule has 0 spiro atoms. The fourth-order valence-electron chi connectivity index (χ4n) is 8.04. The smallest absolute Gasteiger partial charge is 0.410 e. The van der Waals surface area contributed by atoms with E-state index in [2.05, 4.69) is 62.9 Å². The van der Waals surface area contributed by atoms with E-state index >= 15 is 0 Å². The van der Waals surface area contributed by atoms with Gasteiger partial charge in [0.2, 0.25) is 0 Å². The lowest BCUT2D eigenvalue weighted by atomic mass is 10.0. The first-order valence-corrected chi connectivity index (χ1v) is 20.4. The number of amides is 1. The molecule has 4 heterocycles. The molecule has 2 fully saturated rings. The Labute approximate surface area is 334 Å². The lowest BCUT2D eigenvalue weighted by Crippen LogP contribution is -2.40. The van der Waals surface area contributed by atoms with Crippen molar-refractivity contribution < 1.29 is 23.7 Å². The standard InChI is InChI=1S/C43H55N7O5S/c1-42(2,3)55-41(51)48(22-18-30-12-9-8-10-13-30)20-11-21-49(36-25-44-29-56-36)27-32-24-35(38-37(32)53-43(4,5)54-38)50-23-19-34-39(45-28-46-40(34)50)47(6)26-31-14-16-33(52-7)17-15-31/h8-10,12-17,19,23,25,28-29,32,35,37-38H,11,18,20-22,24,26-27H2,1-7H3/t32-,35-,37-,38+/m1/s1. The van der Waals surface area contributed by atoms with E-state index in [1.807, 2.05) is 81.6 Å². The molecule has 0 N–H and O–H groups in total. The predicted octanol–water partition coefficient (Wildman–Crippen LogP) is 7.99. The molecule has 0 radical (unpaired) electrons. The van der Waals surface area contributed by atoms with Gasteiger partial charge in [0.15, 0.2) is 5.79 Å². The van der Waals surface area contributed by atoms with Gasteiger partial charge < -0.3 is 38.2 Å². The van der Waals surface area contributed by atoms with E-state index in [1.54, 1.807) is 24.8 Å². The molecule has 2 aromatic carbocycles. The largest absolute Gasteiger partial charge is 0.497 e. The minimum atomic E-state index is -0.712. The molecule has 1 saturated carbocycles. The zero-order chi connectivity index (χ0) is 39.5. The third-order valence-electron chi connectivity index (χ3n) is 10.5. The highest BCUT2D eigenvalue weighted by molar-refractivity contribution is 7.13. The van der Waals surface area contributed by atoms with E-state index in [9.17, 15) is 4.79 Å². The van der Waals surface area contributed by atoms with Crippen molar-refractivity contribution in [3.63, 3.8) is 0 Å². The average Bonchev–Trinajstić information content (AvgIpc) is 3.97. The summed E-state index contributed by atoms with van der Waals surface area (Å²) in [7, 11) is 3.74. The number of hydrogen-bond acceptors (Lipinski definition) is 11. The highest BCUT2D eigenvalue weighted by Gasteiger charge is 2.55. The first kappa shape index (κ1) is 39.5. The van der Waals surface area contributed by atoms with Gasteiger partial charge in [-0.25, -0.2) is 14.8 Å². The molecule has 1 saturated heterocycles. The minimum Gasteiger partial charge on any atom is -0.497 e. The van der Waals surface area contributed by atoms with Gasteiger partial charge in [0.05, 0.1) is 36.3 Å². The van der Waals surface area contributed by atoms with Crippen LogP contribution in [0.2, 0.25) is 0 Å². The molecule has 2 aliphatic rings. The van der Waals surface area contributed by atoms with Crippen LogP contribution in [0.5, 0.6) is 5.75 Å². The number of anilines is 2. The van der Waals surface area contributed by atoms with Crippen molar-refractivity contribution in [1.29, 1.82) is 0 Å². The number of carbonyl (C=O) groups is 1. The van der Waals surface area contributed by atoms with E-state index in [1.165, 1.54) is 5.56 Å². The van der Waals surface area contributed by atoms with Crippen molar-refractivity contribution >= 4 is 39.3 Å². The first-order chi connectivity index (χ1) is 26.9. The Morgan fingerprint density at radius 3 is 2.46 bits per heavy atom. The molecule has 4 atom stereocenters. The highest BCUT2D eigenvalue weighted by Crippen LogP contribution is 2.48. The minimum absolute atomic E-state index is 0.0166. The first-order valence-electron chi connectivity index (χ1n) is 19.5. The Morgan fingerprint density at radius 2 is 1.75 bits per heavy atom. The van der Waals surface area contributed by atoms with Gasteiger partial charge in [0.25, 0.3) is 0 Å². The fraction of sp³-hybridized carbons (Fsp3) is 0.488. The number of fused-ring (bicyclic) bond motifs is 2. The number of aromatic nitrogens is 4. The summed E-state index contributed by atoms with van der Waals surface area (Å²) in [6, 6.07) is 20.5. The molecular weight excluding hydrogens is 727 g/mol. The summed E-state index contributed by atoms with van der Waals surface area (Å²) in [6.45, 7) is 13.1. The molecule has 0 bridgehead atoms. The zero-order valence-electron chi connectivity index (χ0n) is 33.6. The number of benzene rings is 2. The van der Waals surface area contributed by atoms with Crippen LogP contribution in [0.1, 0.15) is 64.6 Å². The quantitative estimate of drug-likeness (QED) is 0.104. The van der Waals surface area contributed by atoms with Gasteiger partial charge in [-0.3, -0.25) is 4.98 Å². The van der Waals surface area contributed by atoms with Crippen molar-refractivity contribution in [2.24, 2.45) is 5.92 Å². The van der Waals surface area contributed by atoms with E-state index in [0.717, 1.165) is 65.5 Å². The second-order valence-electron chi connectivity index (χ2n) is 16.3. The molecule has 5 aromatic rings. The van der Waals surface area contributed by atoms with Crippen LogP contribution >= 0.6 is 11.3 Å². The number of ether oxygens (including phenoxy) is 4. The molecule has 0 unspecified atom stereocenters. The van der Waals surface area contributed by atoms with Gasteiger partial charge in [0, 0.05) is 51.9 Å². The van der Waals surface area contributed by atoms with E-state index < -0.39 is 11.4 Å². The zero-order valence-corrected chi connectivity index (χ0v) is 34.4. The van der Waals surface area contributed by atoms with Gasteiger partial charge >= 0.3 is 6.09 Å². The number of hydrogen-bond donors (Lipinski definition) is 0. The molecule has 12 nitrogen and oxygen atoms in total. The molecule has 1 aliphatic heterocycles. The van der Waals surface area contributed by atoms with Crippen molar-refractivity contribution in [2.45, 2.75) is 90.1 Å². The van der Waals surface area contributed by atoms with Crippen molar-refractivity contribution in [1.82, 2.24) is 24.4 Å². The van der Waals surface area contributed by atoms with Gasteiger partial charge in [0.1, 0.15) is 40.2 Å². The van der Waals surface area contributed by atoms with Crippen LogP contribution in [0.3, 0.4) is 0 Å². The monoisotopic (exact) mass is 781 g/mol. The maximum Gasteiger partial charge on any atom is 0.410 e. The van der Waals surface area contributed by atoms with Crippen LogP contribution < -0.4 is 14.5 Å². The summed E-state index contributed by atoms with van der Waals surface area (Å²) in [5, 5.41) is 2.09. The molecule has 56 heavy (non-hydrogen) atoms. The number of thiazole rings is 1.